The minimum atomic E-state index is -0.516. The van der Waals surface area contributed by atoms with Crippen LogP contribution in [-0.4, -0.2) is 35.8 Å². The van der Waals surface area contributed by atoms with Gasteiger partial charge in [0.05, 0.1) is 12.1 Å². The Bertz CT molecular complexity index is 279. The van der Waals surface area contributed by atoms with Crippen LogP contribution in [0, 0.1) is 5.92 Å². The number of nitrogens with one attached hydrogen (secondary N) is 2. The third-order valence-electron chi connectivity index (χ3n) is 3.59. The van der Waals surface area contributed by atoms with Gasteiger partial charge in [-0.15, -0.1) is 24.0 Å². The maximum Gasteiger partial charge on any atom is 0.191 e. The minimum absolute atomic E-state index is 0. The van der Waals surface area contributed by atoms with Crippen LogP contribution in [-0.2, 0) is 0 Å². The summed E-state index contributed by atoms with van der Waals surface area (Å²) in [6, 6.07) is 0.578. The lowest BCUT2D eigenvalue weighted by Crippen LogP contribution is -2.43. The standard InChI is InChI=1S/C12H23N3O.HI/c1-3-13-11(15-10-7-9(10)2)14-8-12(16)5-4-6-12;/h9-10,16H,3-8H2,1-2H3,(H2,13,14,15);1H. The van der Waals surface area contributed by atoms with Crippen LogP contribution in [0.5, 0.6) is 0 Å². The largest absolute Gasteiger partial charge is 0.388 e. The zero-order valence-corrected chi connectivity index (χ0v) is 13.0. The number of aliphatic hydroxyl groups is 1. The fraction of sp³-hybridized carbons (Fsp3) is 0.917. The zero-order valence-electron chi connectivity index (χ0n) is 10.7. The van der Waals surface area contributed by atoms with E-state index in [1.54, 1.807) is 0 Å². The molecule has 2 aliphatic carbocycles. The Hall–Kier alpha value is -0.0400. The van der Waals surface area contributed by atoms with E-state index in [9.17, 15) is 5.11 Å². The second-order valence-corrected chi connectivity index (χ2v) is 5.24. The fourth-order valence-corrected chi connectivity index (χ4v) is 1.99. The summed E-state index contributed by atoms with van der Waals surface area (Å²) in [6.45, 7) is 5.70. The lowest BCUT2D eigenvalue weighted by atomic mass is 9.80. The number of aliphatic imine (C=N–C) groups is 1. The van der Waals surface area contributed by atoms with Crippen LogP contribution in [0.2, 0.25) is 0 Å². The summed E-state index contributed by atoms with van der Waals surface area (Å²) in [6.07, 6.45) is 4.16. The average Bonchev–Trinajstić information content (AvgIpc) is 2.88. The SMILES string of the molecule is CCNC(=NCC1(O)CCC1)NC1CC1C.I. The molecule has 17 heavy (non-hydrogen) atoms. The van der Waals surface area contributed by atoms with Gasteiger partial charge in [-0.3, -0.25) is 4.99 Å². The number of halogens is 1. The summed E-state index contributed by atoms with van der Waals surface area (Å²) in [5, 5.41) is 16.6. The van der Waals surface area contributed by atoms with E-state index in [4.69, 9.17) is 0 Å². The van der Waals surface area contributed by atoms with Gasteiger partial charge in [-0.1, -0.05) is 6.92 Å². The van der Waals surface area contributed by atoms with Crippen molar-refractivity contribution in [3.05, 3.63) is 0 Å². The van der Waals surface area contributed by atoms with Crippen molar-refractivity contribution < 1.29 is 5.11 Å². The molecule has 0 aromatic carbocycles. The molecule has 0 amide bonds. The Morgan fingerprint density at radius 3 is 2.53 bits per heavy atom. The van der Waals surface area contributed by atoms with Crippen molar-refractivity contribution >= 4 is 29.9 Å². The molecule has 2 saturated carbocycles. The van der Waals surface area contributed by atoms with Gasteiger partial charge < -0.3 is 15.7 Å². The normalized spacial score (nSPS) is 29.9. The van der Waals surface area contributed by atoms with E-state index in [0.29, 0.717) is 12.6 Å². The molecule has 0 heterocycles. The van der Waals surface area contributed by atoms with Gasteiger partial charge in [-0.25, -0.2) is 0 Å². The predicted octanol–water partition coefficient (Wildman–Crippen LogP) is 1.48. The highest BCUT2D eigenvalue weighted by molar-refractivity contribution is 14.0. The van der Waals surface area contributed by atoms with Gasteiger partial charge >= 0.3 is 0 Å². The summed E-state index contributed by atoms with van der Waals surface area (Å²) in [7, 11) is 0. The Balaban J connectivity index is 0.00000144. The number of hydrogen-bond acceptors (Lipinski definition) is 2. The molecule has 0 bridgehead atoms. The Morgan fingerprint density at radius 2 is 2.12 bits per heavy atom. The van der Waals surface area contributed by atoms with E-state index in [0.717, 1.165) is 37.7 Å². The average molecular weight is 353 g/mol. The summed E-state index contributed by atoms with van der Waals surface area (Å²) in [5.41, 5.74) is -0.516. The fourth-order valence-electron chi connectivity index (χ4n) is 1.99. The van der Waals surface area contributed by atoms with Crippen molar-refractivity contribution in [1.82, 2.24) is 10.6 Å². The van der Waals surface area contributed by atoms with Crippen LogP contribution in [0.4, 0.5) is 0 Å². The zero-order chi connectivity index (χ0) is 11.6. The van der Waals surface area contributed by atoms with E-state index in [2.05, 4.69) is 29.5 Å². The van der Waals surface area contributed by atoms with Crippen LogP contribution in [0.25, 0.3) is 0 Å². The molecule has 0 radical (unpaired) electrons. The first-order valence-corrected chi connectivity index (χ1v) is 6.40. The number of guanidine groups is 1. The molecule has 5 heteroatoms. The first-order chi connectivity index (χ1) is 7.63. The first-order valence-electron chi connectivity index (χ1n) is 6.40. The van der Waals surface area contributed by atoms with E-state index < -0.39 is 5.60 Å². The maximum absolute atomic E-state index is 9.97. The van der Waals surface area contributed by atoms with E-state index in [1.165, 1.54) is 6.42 Å². The molecule has 100 valence electrons. The smallest absolute Gasteiger partial charge is 0.191 e. The van der Waals surface area contributed by atoms with Crippen LogP contribution in [0.3, 0.4) is 0 Å². The molecule has 0 aromatic rings. The minimum Gasteiger partial charge on any atom is -0.388 e. The van der Waals surface area contributed by atoms with Gasteiger partial charge in [-0.05, 0) is 38.5 Å². The maximum atomic E-state index is 9.97. The number of nitrogens with zero attached hydrogens (tertiary/aromatic N) is 1. The van der Waals surface area contributed by atoms with Gasteiger partial charge in [0.1, 0.15) is 0 Å². The van der Waals surface area contributed by atoms with Crippen molar-refractivity contribution in [3.8, 4) is 0 Å². The second kappa shape index (κ2) is 6.22. The van der Waals surface area contributed by atoms with Crippen molar-refractivity contribution in [2.75, 3.05) is 13.1 Å². The lowest BCUT2D eigenvalue weighted by Gasteiger charge is -2.35. The van der Waals surface area contributed by atoms with E-state index in [-0.39, 0.29) is 24.0 Å². The molecular weight excluding hydrogens is 329 g/mol. The van der Waals surface area contributed by atoms with Gasteiger partial charge in [-0.2, -0.15) is 0 Å². The summed E-state index contributed by atoms with van der Waals surface area (Å²) >= 11 is 0. The second-order valence-electron chi connectivity index (χ2n) is 5.24. The first kappa shape index (κ1) is 15.0. The lowest BCUT2D eigenvalue weighted by molar-refractivity contribution is -0.0236. The third-order valence-corrected chi connectivity index (χ3v) is 3.59. The molecule has 2 atom stereocenters. The monoisotopic (exact) mass is 353 g/mol. The Morgan fingerprint density at radius 1 is 1.47 bits per heavy atom. The molecule has 4 nitrogen and oxygen atoms in total. The molecule has 0 aliphatic heterocycles. The third kappa shape index (κ3) is 4.28. The molecule has 2 rings (SSSR count). The Kier molecular flexibility index (Phi) is 5.50. The highest BCUT2D eigenvalue weighted by Gasteiger charge is 2.35. The van der Waals surface area contributed by atoms with E-state index >= 15 is 0 Å². The quantitative estimate of drug-likeness (QED) is 0.408. The van der Waals surface area contributed by atoms with Crippen molar-refractivity contribution in [1.29, 1.82) is 0 Å². The van der Waals surface area contributed by atoms with Gasteiger partial charge in [0.15, 0.2) is 5.96 Å². The summed E-state index contributed by atoms with van der Waals surface area (Å²) < 4.78 is 0. The highest BCUT2D eigenvalue weighted by atomic mass is 127. The molecular formula is C12H24IN3O. The molecule has 2 unspecified atom stereocenters. The van der Waals surface area contributed by atoms with Gasteiger partial charge in [0.25, 0.3) is 0 Å². The molecule has 2 fully saturated rings. The van der Waals surface area contributed by atoms with Crippen LogP contribution in [0.15, 0.2) is 4.99 Å². The van der Waals surface area contributed by atoms with Gasteiger partial charge in [0.2, 0.25) is 0 Å². The van der Waals surface area contributed by atoms with Crippen molar-refractivity contribution in [2.45, 2.75) is 51.2 Å². The molecule has 0 saturated heterocycles. The Labute approximate surface area is 121 Å². The van der Waals surface area contributed by atoms with E-state index in [1.807, 2.05) is 0 Å². The molecule has 3 N–H and O–H groups in total. The topological polar surface area (TPSA) is 56.7 Å². The van der Waals surface area contributed by atoms with Gasteiger partial charge in [0, 0.05) is 12.6 Å². The van der Waals surface area contributed by atoms with Crippen LogP contribution >= 0.6 is 24.0 Å². The number of rotatable bonds is 4. The number of hydrogen-bond donors (Lipinski definition) is 3. The summed E-state index contributed by atoms with van der Waals surface area (Å²) in [4.78, 5) is 4.47. The molecule has 0 aromatic heterocycles. The van der Waals surface area contributed by atoms with Crippen LogP contribution in [0.1, 0.15) is 39.5 Å². The van der Waals surface area contributed by atoms with Crippen LogP contribution < -0.4 is 10.6 Å². The summed E-state index contributed by atoms with van der Waals surface area (Å²) in [5.74, 6) is 1.62. The highest BCUT2D eigenvalue weighted by Crippen LogP contribution is 2.32. The van der Waals surface area contributed by atoms with Crippen molar-refractivity contribution in [2.24, 2.45) is 10.9 Å². The molecule has 2 aliphatic rings. The predicted molar refractivity (Wildman–Crippen MR) is 80.9 cm³/mol. The molecule has 0 spiro atoms. The van der Waals surface area contributed by atoms with Crippen molar-refractivity contribution in [3.63, 3.8) is 0 Å².